The predicted molar refractivity (Wildman–Crippen MR) is 78.4 cm³/mol. The first kappa shape index (κ1) is 16.0. The van der Waals surface area contributed by atoms with Crippen molar-refractivity contribution in [3.63, 3.8) is 0 Å². The molecule has 0 fully saturated rings. The normalized spacial score (nSPS) is 11.5. The van der Waals surface area contributed by atoms with Gasteiger partial charge in [0, 0.05) is 38.0 Å². The Morgan fingerprint density at radius 1 is 1.48 bits per heavy atom. The molecule has 0 aliphatic carbocycles. The first-order chi connectivity index (χ1) is 10.9. The van der Waals surface area contributed by atoms with E-state index in [9.17, 15) is 19.7 Å². The van der Waals surface area contributed by atoms with Crippen molar-refractivity contribution in [1.82, 2.24) is 9.55 Å². The van der Waals surface area contributed by atoms with E-state index < -0.39 is 22.4 Å². The van der Waals surface area contributed by atoms with Crippen molar-refractivity contribution < 1.29 is 14.5 Å². The number of benzene rings is 1. The summed E-state index contributed by atoms with van der Waals surface area (Å²) in [6.07, 6.45) is 2.69. The SMILES string of the molecule is Cn1ccnc1C(=O)[C@@H](C#N)C(=O)Cc1cccc([N+](=O)[O-])c1. The van der Waals surface area contributed by atoms with E-state index in [0.717, 1.165) is 0 Å². The molecule has 0 saturated heterocycles. The number of aryl methyl sites for hydroxylation is 1. The molecular formula is C15H12N4O4. The first-order valence-corrected chi connectivity index (χ1v) is 6.61. The van der Waals surface area contributed by atoms with Crippen LogP contribution >= 0.6 is 0 Å². The molecule has 116 valence electrons. The number of Topliss-reactive ketones (excluding diaryl/α,β-unsaturated/α-hetero) is 2. The summed E-state index contributed by atoms with van der Waals surface area (Å²) < 4.78 is 1.42. The summed E-state index contributed by atoms with van der Waals surface area (Å²) in [5.74, 6) is -2.78. The summed E-state index contributed by atoms with van der Waals surface area (Å²) in [4.78, 5) is 38.4. The van der Waals surface area contributed by atoms with E-state index in [1.807, 2.05) is 0 Å². The number of nitro groups is 1. The van der Waals surface area contributed by atoms with Gasteiger partial charge < -0.3 is 4.57 Å². The Morgan fingerprint density at radius 3 is 2.78 bits per heavy atom. The Labute approximate surface area is 131 Å². The summed E-state index contributed by atoms with van der Waals surface area (Å²) in [5.41, 5.74) is 0.219. The Hall–Kier alpha value is -3.34. The van der Waals surface area contributed by atoms with Crippen molar-refractivity contribution in [2.75, 3.05) is 0 Å². The van der Waals surface area contributed by atoms with Gasteiger partial charge in [-0.1, -0.05) is 12.1 Å². The average Bonchev–Trinajstić information content (AvgIpc) is 2.94. The molecular weight excluding hydrogens is 300 g/mol. The highest BCUT2D eigenvalue weighted by molar-refractivity contribution is 6.11. The van der Waals surface area contributed by atoms with Gasteiger partial charge in [-0.25, -0.2) is 4.98 Å². The smallest absolute Gasteiger partial charge is 0.269 e. The number of nitriles is 1. The fourth-order valence-electron chi connectivity index (χ4n) is 2.09. The number of ketones is 2. The zero-order chi connectivity index (χ0) is 17.0. The van der Waals surface area contributed by atoms with E-state index in [4.69, 9.17) is 5.26 Å². The standard InChI is InChI=1S/C15H12N4O4/c1-18-6-5-17-15(18)14(21)12(9-16)13(20)8-10-3-2-4-11(7-10)19(22)23/h2-7,12H,8H2,1H3/t12-/m0/s1. The highest BCUT2D eigenvalue weighted by Gasteiger charge is 2.30. The summed E-state index contributed by atoms with van der Waals surface area (Å²) in [6, 6.07) is 7.22. The number of imidazole rings is 1. The lowest BCUT2D eigenvalue weighted by molar-refractivity contribution is -0.384. The van der Waals surface area contributed by atoms with Crippen molar-refractivity contribution in [2.24, 2.45) is 13.0 Å². The Bertz CT molecular complexity index is 819. The van der Waals surface area contributed by atoms with Crippen LogP contribution in [-0.4, -0.2) is 26.0 Å². The number of carbonyl (C=O) groups excluding carboxylic acids is 2. The van der Waals surface area contributed by atoms with Crippen LogP contribution in [0.3, 0.4) is 0 Å². The molecule has 0 bridgehead atoms. The molecule has 0 amide bonds. The van der Waals surface area contributed by atoms with E-state index in [1.165, 1.54) is 41.2 Å². The number of hydrogen-bond donors (Lipinski definition) is 0. The Balaban J connectivity index is 2.20. The van der Waals surface area contributed by atoms with Crippen LogP contribution in [0.2, 0.25) is 0 Å². The minimum absolute atomic E-state index is 0.0175. The fourth-order valence-corrected chi connectivity index (χ4v) is 2.09. The van der Waals surface area contributed by atoms with Crippen molar-refractivity contribution in [3.05, 3.63) is 58.2 Å². The van der Waals surface area contributed by atoms with Crippen molar-refractivity contribution in [3.8, 4) is 6.07 Å². The molecule has 1 aromatic heterocycles. The van der Waals surface area contributed by atoms with Gasteiger partial charge in [0.25, 0.3) is 5.69 Å². The number of aromatic nitrogens is 2. The van der Waals surface area contributed by atoms with E-state index in [0.29, 0.717) is 5.56 Å². The third kappa shape index (κ3) is 3.47. The molecule has 0 unspecified atom stereocenters. The van der Waals surface area contributed by atoms with Crippen LogP contribution in [0.15, 0.2) is 36.7 Å². The monoisotopic (exact) mass is 312 g/mol. The topological polar surface area (TPSA) is 119 Å². The second kappa shape index (κ2) is 6.62. The third-order valence-corrected chi connectivity index (χ3v) is 3.25. The second-order valence-corrected chi connectivity index (χ2v) is 4.86. The van der Waals surface area contributed by atoms with Gasteiger partial charge in [-0.2, -0.15) is 5.26 Å². The van der Waals surface area contributed by atoms with Gasteiger partial charge in [0.05, 0.1) is 11.0 Å². The van der Waals surface area contributed by atoms with Crippen LogP contribution in [0.5, 0.6) is 0 Å². The van der Waals surface area contributed by atoms with E-state index in [-0.39, 0.29) is 17.9 Å². The number of carbonyl (C=O) groups is 2. The van der Waals surface area contributed by atoms with Crippen LogP contribution in [0.4, 0.5) is 5.69 Å². The van der Waals surface area contributed by atoms with Gasteiger partial charge in [-0.3, -0.25) is 19.7 Å². The molecule has 1 atom stereocenters. The lowest BCUT2D eigenvalue weighted by Gasteiger charge is -2.07. The van der Waals surface area contributed by atoms with Crippen LogP contribution in [0.25, 0.3) is 0 Å². The molecule has 0 spiro atoms. The quantitative estimate of drug-likeness (QED) is 0.345. The molecule has 0 aliphatic rings. The molecule has 8 heteroatoms. The van der Waals surface area contributed by atoms with Gasteiger partial charge in [-0.15, -0.1) is 0 Å². The van der Waals surface area contributed by atoms with Crippen LogP contribution in [-0.2, 0) is 18.3 Å². The highest BCUT2D eigenvalue weighted by Crippen LogP contribution is 2.16. The minimum atomic E-state index is -1.49. The Morgan fingerprint density at radius 2 is 2.22 bits per heavy atom. The maximum Gasteiger partial charge on any atom is 0.269 e. The van der Waals surface area contributed by atoms with E-state index in [1.54, 1.807) is 13.1 Å². The molecule has 0 aliphatic heterocycles. The maximum absolute atomic E-state index is 12.2. The van der Waals surface area contributed by atoms with Crippen molar-refractivity contribution in [2.45, 2.75) is 6.42 Å². The summed E-state index contributed by atoms with van der Waals surface area (Å²) in [6.45, 7) is 0. The average molecular weight is 312 g/mol. The molecule has 23 heavy (non-hydrogen) atoms. The van der Waals surface area contributed by atoms with E-state index >= 15 is 0 Å². The molecule has 0 saturated carbocycles. The highest BCUT2D eigenvalue weighted by atomic mass is 16.6. The molecule has 2 rings (SSSR count). The molecule has 0 radical (unpaired) electrons. The first-order valence-electron chi connectivity index (χ1n) is 6.61. The number of hydrogen-bond acceptors (Lipinski definition) is 6. The van der Waals surface area contributed by atoms with Crippen LogP contribution in [0.1, 0.15) is 16.2 Å². The van der Waals surface area contributed by atoms with Gasteiger partial charge in [-0.05, 0) is 5.56 Å². The van der Waals surface area contributed by atoms with Crippen molar-refractivity contribution >= 4 is 17.3 Å². The maximum atomic E-state index is 12.2. The molecule has 1 aromatic carbocycles. The zero-order valence-corrected chi connectivity index (χ0v) is 12.2. The zero-order valence-electron chi connectivity index (χ0n) is 12.2. The number of nitro benzene ring substituents is 1. The third-order valence-electron chi connectivity index (χ3n) is 3.25. The van der Waals surface area contributed by atoms with Gasteiger partial charge in [0.15, 0.2) is 17.5 Å². The van der Waals surface area contributed by atoms with E-state index in [2.05, 4.69) is 4.98 Å². The summed E-state index contributed by atoms with van der Waals surface area (Å²) >= 11 is 0. The van der Waals surface area contributed by atoms with Crippen molar-refractivity contribution in [1.29, 1.82) is 5.26 Å². The molecule has 0 N–H and O–H groups in total. The Kier molecular flexibility index (Phi) is 4.61. The van der Waals surface area contributed by atoms with Gasteiger partial charge >= 0.3 is 0 Å². The minimum Gasteiger partial charge on any atom is -0.332 e. The van der Waals surface area contributed by atoms with Crippen LogP contribution < -0.4 is 0 Å². The predicted octanol–water partition coefficient (Wildman–Crippen LogP) is 1.46. The van der Waals surface area contributed by atoms with Gasteiger partial charge in [0.2, 0.25) is 5.78 Å². The number of nitrogens with zero attached hydrogens (tertiary/aromatic N) is 4. The lowest BCUT2D eigenvalue weighted by Crippen LogP contribution is -2.26. The number of non-ortho nitro benzene ring substituents is 1. The molecule has 8 nitrogen and oxygen atoms in total. The fraction of sp³-hybridized carbons (Fsp3) is 0.200. The second-order valence-electron chi connectivity index (χ2n) is 4.86. The van der Waals surface area contributed by atoms with Crippen LogP contribution in [0, 0.1) is 27.4 Å². The summed E-state index contributed by atoms with van der Waals surface area (Å²) in [7, 11) is 1.58. The molecule has 2 aromatic rings. The summed E-state index contributed by atoms with van der Waals surface area (Å²) in [5, 5.41) is 19.9. The van der Waals surface area contributed by atoms with Gasteiger partial charge in [0.1, 0.15) is 0 Å². The molecule has 1 heterocycles. The number of rotatable bonds is 6. The lowest BCUT2D eigenvalue weighted by atomic mass is 9.94. The largest absolute Gasteiger partial charge is 0.332 e.